The Kier molecular flexibility index (Phi) is 3.40. The number of rotatable bonds is 3. The zero-order chi connectivity index (χ0) is 9.68. The van der Waals surface area contributed by atoms with E-state index in [4.69, 9.17) is 5.73 Å². The summed E-state index contributed by atoms with van der Waals surface area (Å²) in [5.41, 5.74) is 6.11. The molecule has 0 aliphatic heterocycles. The highest BCUT2D eigenvalue weighted by molar-refractivity contribution is 5.89. The fourth-order valence-electron chi connectivity index (χ4n) is 0.949. The molecule has 4 heteroatoms. The molecule has 0 saturated carbocycles. The number of nitrogens with zero attached hydrogens (tertiary/aromatic N) is 1. The van der Waals surface area contributed by atoms with Crippen molar-refractivity contribution in [3.8, 4) is 0 Å². The quantitative estimate of drug-likeness (QED) is 0.716. The van der Waals surface area contributed by atoms with Crippen LogP contribution in [0.3, 0.4) is 0 Å². The Labute approximate surface area is 77.2 Å². The van der Waals surface area contributed by atoms with E-state index in [1.807, 2.05) is 19.1 Å². The van der Waals surface area contributed by atoms with Crippen LogP contribution in [0.25, 0.3) is 0 Å². The van der Waals surface area contributed by atoms with Crippen LogP contribution in [-0.2, 0) is 4.79 Å². The Hall–Kier alpha value is -1.42. The third-order valence-electron chi connectivity index (χ3n) is 1.53. The molecular formula is C9H13N3O. The molecule has 0 aromatic carbocycles. The molecule has 0 aliphatic carbocycles. The molecule has 0 bridgehead atoms. The normalized spacial score (nSPS) is 9.69. The minimum absolute atomic E-state index is 0.0967. The second-order valence-electron chi connectivity index (χ2n) is 2.75. The summed E-state index contributed by atoms with van der Waals surface area (Å²) in [4.78, 5) is 15.2. The molecule has 1 heterocycles. The van der Waals surface area contributed by atoms with Gasteiger partial charge in [0.05, 0.1) is 0 Å². The lowest BCUT2D eigenvalue weighted by atomic mass is 10.3. The number of anilines is 1. The number of nitrogens with one attached hydrogen (secondary N) is 1. The fraction of sp³-hybridized carbons (Fsp3) is 0.333. The number of hydrogen-bond donors (Lipinski definition) is 2. The molecule has 0 aliphatic rings. The molecule has 0 radical (unpaired) electrons. The van der Waals surface area contributed by atoms with Crippen LogP contribution < -0.4 is 11.1 Å². The molecule has 0 unspecified atom stereocenters. The van der Waals surface area contributed by atoms with Crippen LogP contribution in [0.5, 0.6) is 0 Å². The maximum atomic E-state index is 11.1. The van der Waals surface area contributed by atoms with Gasteiger partial charge in [-0.3, -0.25) is 4.79 Å². The maximum absolute atomic E-state index is 11.1. The molecule has 0 saturated heterocycles. The maximum Gasteiger partial charge on any atom is 0.226 e. The zero-order valence-electron chi connectivity index (χ0n) is 7.58. The molecule has 1 rings (SSSR count). The Morgan fingerprint density at radius 3 is 3.00 bits per heavy atom. The molecule has 0 fully saturated rings. The van der Waals surface area contributed by atoms with E-state index in [2.05, 4.69) is 10.3 Å². The smallest absolute Gasteiger partial charge is 0.226 e. The molecule has 4 nitrogen and oxygen atoms in total. The lowest BCUT2D eigenvalue weighted by Gasteiger charge is -2.03. The third-order valence-corrected chi connectivity index (χ3v) is 1.53. The first-order valence-corrected chi connectivity index (χ1v) is 4.16. The predicted molar refractivity (Wildman–Crippen MR) is 51.3 cm³/mol. The van der Waals surface area contributed by atoms with Gasteiger partial charge in [0.15, 0.2) is 0 Å². The standard InChI is InChI=1S/C9H13N3O/c1-7-3-2-4-8(11-7)12-9(13)5-6-10/h2-4H,5-6,10H2,1H3,(H,11,12,13). The van der Waals surface area contributed by atoms with Crippen molar-refractivity contribution in [2.45, 2.75) is 13.3 Å². The van der Waals surface area contributed by atoms with Gasteiger partial charge in [0.2, 0.25) is 5.91 Å². The van der Waals surface area contributed by atoms with Crippen molar-refractivity contribution in [1.82, 2.24) is 4.98 Å². The van der Waals surface area contributed by atoms with E-state index >= 15 is 0 Å². The van der Waals surface area contributed by atoms with Gasteiger partial charge in [-0.1, -0.05) is 6.07 Å². The average molecular weight is 179 g/mol. The van der Waals surface area contributed by atoms with Gasteiger partial charge in [0, 0.05) is 18.7 Å². The van der Waals surface area contributed by atoms with Gasteiger partial charge in [-0.15, -0.1) is 0 Å². The second kappa shape index (κ2) is 4.57. The first kappa shape index (κ1) is 9.67. The number of amides is 1. The zero-order valence-corrected chi connectivity index (χ0v) is 7.58. The topological polar surface area (TPSA) is 68.0 Å². The Balaban J connectivity index is 2.58. The van der Waals surface area contributed by atoms with Gasteiger partial charge < -0.3 is 11.1 Å². The highest BCUT2D eigenvalue weighted by atomic mass is 16.1. The van der Waals surface area contributed by atoms with E-state index in [0.29, 0.717) is 18.8 Å². The molecule has 13 heavy (non-hydrogen) atoms. The lowest BCUT2D eigenvalue weighted by molar-refractivity contribution is -0.116. The molecule has 3 N–H and O–H groups in total. The van der Waals surface area contributed by atoms with E-state index in [9.17, 15) is 4.79 Å². The number of carbonyl (C=O) groups is 1. The summed E-state index contributed by atoms with van der Waals surface area (Å²) in [6.45, 7) is 2.23. The van der Waals surface area contributed by atoms with Crippen LogP contribution in [0, 0.1) is 6.92 Å². The fourth-order valence-corrected chi connectivity index (χ4v) is 0.949. The Morgan fingerprint density at radius 1 is 1.62 bits per heavy atom. The van der Waals surface area contributed by atoms with Gasteiger partial charge >= 0.3 is 0 Å². The van der Waals surface area contributed by atoms with Crippen LogP contribution in [0.2, 0.25) is 0 Å². The van der Waals surface area contributed by atoms with Gasteiger partial charge in [0.25, 0.3) is 0 Å². The summed E-state index contributed by atoms with van der Waals surface area (Å²) in [6.07, 6.45) is 0.329. The number of pyridine rings is 1. The van der Waals surface area contributed by atoms with Crippen molar-refractivity contribution in [2.75, 3.05) is 11.9 Å². The van der Waals surface area contributed by atoms with Crippen LogP contribution in [-0.4, -0.2) is 17.4 Å². The van der Waals surface area contributed by atoms with Crippen molar-refractivity contribution in [2.24, 2.45) is 5.73 Å². The number of aromatic nitrogens is 1. The number of aryl methyl sites for hydroxylation is 1. The van der Waals surface area contributed by atoms with E-state index in [-0.39, 0.29) is 5.91 Å². The highest BCUT2D eigenvalue weighted by Crippen LogP contribution is 2.03. The molecule has 1 amide bonds. The van der Waals surface area contributed by atoms with Crippen molar-refractivity contribution < 1.29 is 4.79 Å². The highest BCUT2D eigenvalue weighted by Gasteiger charge is 2.00. The first-order valence-electron chi connectivity index (χ1n) is 4.16. The average Bonchev–Trinajstić information content (AvgIpc) is 2.04. The van der Waals surface area contributed by atoms with E-state index in [1.54, 1.807) is 6.07 Å². The Morgan fingerprint density at radius 2 is 2.38 bits per heavy atom. The summed E-state index contributed by atoms with van der Waals surface area (Å²) in [6, 6.07) is 5.47. The molecule has 0 spiro atoms. The van der Waals surface area contributed by atoms with Gasteiger partial charge in [-0.05, 0) is 19.1 Å². The molecule has 70 valence electrons. The second-order valence-corrected chi connectivity index (χ2v) is 2.75. The monoisotopic (exact) mass is 179 g/mol. The minimum Gasteiger partial charge on any atom is -0.330 e. The molecule has 1 aromatic heterocycles. The summed E-state index contributed by atoms with van der Waals surface area (Å²) in [5.74, 6) is 0.485. The molecular weight excluding hydrogens is 166 g/mol. The number of nitrogens with two attached hydrogens (primary N) is 1. The van der Waals surface area contributed by atoms with Crippen LogP contribution in [0.1, 0.15) is 12.1 Å². The third kappa shape index (κ3) is 3.21. The summed E-state index contributed by atoms with van der Waals surface area (Å²) in [7, 11) is 0. The summed E-state index contributed by atoms with van der Waals surface area (Å²) in [5, 5.41) is 2.65. The Bertz CT molecular complexity index is 299. The molecule has 0 atom stereocenters. The SMILES string of the molecule is Cc1cccc(NC(=O)CCN)n1. The summed E-state index contributed by atoms with van der Waals surface area (Å²) < 4.78 is 0. The van der Waals surface area contributed by atoms with Crippen LogP contribution in [0.15, 0.2) is 18.2 Å². The number of carbonyl (C=O) groups excluding carboxylic acids is 1. The summed E-state index contributed by atoms with van der Waals surface area (Å²) >= 11 is 0. The van der Waals surface area contributed by atoms with Crippen molar-refractivity contribution >= 4 is 11.7 Å². The largest absolute Gasteiger partial charge is 0.330 e. The van der Waals surface area contributed by atoms with E-state index < -0.39 is 0 Å². The predicted octanol–water partition coefficient (Wildman–Crippen LogP) is 0.677. The van der Waals surface area contributed by atoms with Crippen LogP contribution in [0.4, 0.5) is 5.82 Å². The number of hydrogen-bond acceptors (Lipinski definition) is 3. The van der Waals surface area contributed by atoms with E-state index in [0.717, 1.165) is 5.69 Å². The van der Waals surface area contributed by atoms with Gasteiger partial charge in [-0.2, -0.15) is 0 Å². The first-order chi connectivity index (χ1) is 6.22. The van der Waals surface area contributed by atoms with Gasteiger partial charge in [-0.25, -0.2) is 4.98 Å². The lowest BCUT2D eigenvalue weighted by Crippen LogP contribution is -2.16. The van der Waals surface area contributed by atoms with E-state index in [1.165, 1.54) is 0 Å². The van der Waals surface area contributed by atoms with Crippen molar-refractivity contribution in [3.63, 3.8) is 0 Å². The minimum atomic E-state index is -0.0967. The van der Waals surface area contributed by atoms with Gasteiger partial charge in [0.1, 0.15) is 5.82 Å². The molecule has 1 aromatic rings. The van der Waals surface area contributed by atoms with Crippen molar-refractivity contribution in [1.29, 1.82) is 0 Å². The van der Waals surface area contributed by atoms with Crippen LogP contribution >= 0.6 is 0 Å². The van der Waals surface area contributed by atoms with Crippen molar-refractivity contribution in [3.05, 3.63) is 23.9 Å².